The van der Waals surface area contributed by atoms with Crippen molar-refractivity contribution in [3.8, 4) is 5.75 Å². The highest BCUT2D eigenvalue weighted by atomic mass is 32.2. The average Bonchev–Trinajstić information content (AvgIpc) is 2.67. The Labute approximate surface area is 161 Å². The normalized spacial score (nSPS) is 18.1. The van der Waals surface area contributed by atoms with Gasteiger partial charge in [0.2, 0.25) is 10.0 Å². The van der Waals surface area contributed by atoms with Gasteiger partial charge in [-0.05, 0) is 31.0 Å². The van der Waals surface area contributed by atoms with E-state index in [4.69, 9.17) is 15.2 Å². The molecule has 27 heavy (non-hydrogen) atoms. The van der Waals surface area contributed by atoms with Crippen LogP contribution in [0.1, 0.15) is 31.1 Å². The fraction of sp³-hybridized carbons (Fsp3) is 0.611. The quantitative estimate of drug-likeness (QED) is 0.702. The molecule has 1 aliphatic rings. The summed E-state index contributed by atoms with van der Waals surface area (Å²) in [5.41, 5.74) is 5.47. The van der Waals surface area contributed by atoms with Gasteiger partial charge in [0.05, 0.1) is 25.9 Å². The van der Waals surface area contributed by atoms with Crippen molar-refractivity contribution in [3.05, 3.63) is 23.8 Å². The third kappa shape index (κ3) is 4.60. The Morgan fingerprint density at radius 1 is 1.37 bits per heavy atom. The van der Waals surface area contributed by atoms with Crippen LogP contribution in [-0.4, -0.2) is 64.1 Å². The number of hydrogen-bond acceptors (Lipinski definition) is 6. The molecule has 9 heteroatoms. The smallest absolute Gasteiger partial charge is 0.251 e. The van der Waals surface area contributed by atoms with Gasteiger partial charge >= 0.3 is 0 Å². The predicted molar refractivity (Wildman–Crippen MR) is 102 cm³/mol. The SMILES string of the molecule is COc1ccc(C(=O)NC(C)(CN)C(C)C)cc1S(=O)(=O)N1CCOCC1. The molecule has 1 fully saturated rings. The standard InChI is InChI=1S/C18H29N3O5S/c1-13(2)18(3,12-19)20-17(22)14-5-6-15(25-4)16(11-14)27(23,24)21-7-9-26-10-8-21/h5-6,11,13H,7-10,12,19H2,1-4H3,(H,20,22). The van der Waals surface area contributed by atoms with E-state index >= 15 is 0 Å². The zero-order valence-corrected chi connectivity index (χ0v) is 17.1. The van der Waals surface area contributed by atoms with Crippen LogP contribution >= 0.6 is 0 Å². The molecule has 1 amide bonds. The number of hydrogen-bond donors (Lipinski definition) is 2. The maximum atomic E-state index is 13.0. The largest absolute Gasteiger partial charge is 0.495 e. The van der Waals surface area contributed by atoms with Crippen molar-refractivity contribution >= 4 is 15.9 Å². The molecule has 0 aliphatic carbocycles. The van der Waals surface area contributed by atoms with Crippen LogP contribution in [0.2, 0.25) is 0 Å². The number of benzene rings is 1. The number of morpholine rings is 1. The van der Waals surface area contributed by atoms with Gasteiger partial charge in [-0.15, -0.1) is 0 Å². The maximum absolute atomic E-state index is 13.0. The molecule has 8 nitrogen and oxygen atoms in total. The Balaban J connectivity index is 2.38. The number of nitrogens with two attached hydrogens (primary N) is 1. The van der Waals surface area contributed by atoms with Crippen LogP contribution in [0, 0.1) is 5.92 Å². The molecule has 1 atom stereocenters. The zero-order chi connectivity index (χ0) is 20.2. The summed E-state index contributed by atoms with van der Waals surface area (Å²) in [6.07, 6.45) is 0. The molecule has 0 saturated carbocycles. The van der Waals surface area contributed by atoms with Gasteiger partial charge in [0.25, 0.3) is 5.91 Å². The van der Waals surface area contributed by atoms with Crippen LogP contribution in [0.4, 0.5) is 0 Å². The average molecular weight is 400 g/mol. The summed E-state index contributed by atoms with van der Waals surface area (Å²) >= 11 is 0. The van der Waals surface area contributed by atoms with Crippen molar-refractivity contribution in [2.75, 3.05) is 40.0 Å². The number of nitrogens with one attached hydrogen (secondary N) is 1. The molecule has 3 N–H and O–H groups in total. The maximum Gasteiger partial charge on any atom is 0.251 e. The molecule has 0 bridgehead atoms. The molecular formula is C18H29N3O5S. The van der Waals surface area contributed by atoms with Crippen LogP contribution in [-0.2, 0) is 14.8 Å². The minimum absolute atomic E-state index is 0.0291. The fourth-order valence-corrected chi connectivity index (χ4v) is 4.30. The summed E-state index contributed by atoms with van der Waals surface area (Å²) in [5, 5.41) is 2.92. The molecule has 1 saturated heterocycles. The first-order valence-corrected chi connectivity index (χ1v) is 10.4. The number of carbonyl (C=O) groups excluding carboxylic acids is 1. The van der Waals surface area contributed by atoms with Gasteiger partial charge in [-0.1, -0.05) is 13.8 Å². The lowest BCUT2D eigenvalue weighted by atomic mass is 9.88. The molecule has 152 valence electrons. The van der Waals surface area contributed by atoms with Gasteiger partial charge in [-0.3, -0.25) is 4.79 Å². The van der Waals surface area contributed by atoms with Gasteiger partial charge in [0.1, 0.15) is 10.6 Å². The summed E-state index contributed by atoms with van der Waals surface area (Å²) < 4.78 is 37.9. The lowest BCUT2D eigenvalue weighted by Gasteiger charge is -2.33. The topological polar surface area (TPSA) is 111 Å². The zero-order valence-electron chi connectivity index (χ0n) is 16.3. The highest BCUT2D eigenvalue weighted by molar-refractivity contribution is 7.89. The number of sulfonamides is 1. The van der Waals surface area contributed by atoms with Gasteiger partial charge in [-0.25, -0.2) is 8.42 Å². The van der Waals surface area contributed by atoms with Gasteiger partial charge < -0.3 is 20.5 Å². The van der Waals surface area contributed by atoms with Crippen LogP contribution in [0.15, 0.2) is 23.1 Å². The van der Waals surface area contributed by atoms with Crippen LogP contribution in [0.3, 0.4) is 0 Å². The van der Waals surface area contributed by atoms with E-state index in [1.807, 2.05) is 20.8 Å². The number of carbonyl (C=O) groups is 1. The van der Waals surface area contributed by atoms with Crippen molar-refractivity contribution in [1.82, 2.24) is 9.62 Å². The van der Waals surface area contributed by atoms with E-state index < -0.39 is 15.6 Å². The lowest BCUT2D eigenvalue weighted by Crippen LogP contribution is -2.55. The van der Waals surface area contributed by atoms with E-state index in [1.54, 1.807) is 6.07 Å². The third-order valence-electron chi connectivity index (χ3n) is 5.11. The van der Waals surface area contributed by atoms with Crippen LogP contribution in [0.5, 0.6) is 5.75 Å². The number of amides is 1. The van der Waals surface area contributed by atoms with Crippen LogP contribution in [0.25, 0.3) is 0 Å². The second kappa shape index (κ2) is 8.55. The number of rotatable bonds is 7. The Bertz CT molecular complexity index is 775. The molecule has 1 unspecified atom stereocenters. The molecule has 1 aromatic rings. The molecule has 1 aliphatic heterocycles. The lowest BCUT2D eigenvalue weighted by molar-refractivity contribution is 0.0729. The van der Waals surface area contributed by atoms with Gasteiger partial charge in [-0.2, -0.15) is 4.31 Å². The number of methoxy groups -OCH3 is 1. The van der Waals surface area contributed by atoms with E-state index in [0.29, 0.717) is 13.2 Å². The van der Waals surface area contributed by atoms with Crippen molar-refractivity contribution < 1.29 is 22.7 Å². The van der Waals surface area contributed by atoms with Crippen LogP contribution < -0.4 is 15.8 Å². The Kier molecular flexibility index (Phi) is 6.85. The highest BCUT2D eigenvalue weighted by Crippen LogP contribution is 2.29. The van der Waals surface area contributed by atoms with E-state index in [0.717, 1.165) is 0 Å². The first-order valence-electron chi connectivity index (χ1n) is 8.94. The second-order valence-electron chi connectivity index (χ2n) is 7.11. The number of ether oxygens (including phenoxy) is 2. The summed E-state index contributed by atoms with van der Waals surface area (Å²) in [7, 11) is -2.40. The molecule has 1 aromatic carbocycles. The Morgan fingerprint density at radius 2 is 2.00 bits per heavy atom. The molecule has 1 heterocycles. The van der Waals surface area contributed by atoms with E-state index in [2.05, 4.69) is 5.32 Å². The molecule has 0 spiro atoms. The van der Waals surface area contributed by atoms with Gasteiger partial charge in [0, 0.05) is 25.2 Å². The van der Waals surface area contributed by atoms with Crippen molar-refractivity contribution in [2.24, 2.45) is 11.7 Å². The number of nitrogens with zero attached hydrogens (tertiary/aromatic N) is 1. The van der Waals surface area contributed by atoms with Crippen molar-refractivity contribution in [3.63, 3.8) is 0 Å². The molecule has 0 radical (unpaired) electrons. The second-order valence-corrected chi connectivity index (χ2v) is 9.02. The highest BCUT2D eigenvalue weighted by Gasteiger charge is 2.32. The predicted octanol–water partition coefficient (Wildman–Crippen LogP) is 0.819. The minimum atomic E-state index is -3.80. The fourth-order valence-electron chi connectivity index (χ4n) is 2.71. The molecule has 0 aromatic heterocycles. The summed E-state index contributed by atoms with van der Waals surface area (Å²) in [5.74, 6) is -0.0672. The van der Waals surface area contributed by atoms with E-state index in [-0.39, 0.29) is 47.7 Å². The Morgan fingerprint density at radius 3 is 2.52 bits per heavy atom. The van der Waals surface area contributed by atoms with E-state index in [9.17, 15) is 13.2 Å². The summed E-state index contributed by atoms with van der Waals surface area (Å²) in [4.78, 5) is 12.7. The third-order valence-corrected chi connectivity index (χ3v) is 7.03. The van der Waals surface area contributed by atoms with Crippen molar-refractivity contribution in [1.29, 1.82) is 0 Å². The first-order chi connectivity index (χ1) is 12.7. The minimum Gasteiger partial charge on any atom is -0.495 e. The first kappa shape index (κ1) is 21.6. The van der Waals surface area contributed by atoms with Gasteiger partial charge in [0.15, 0.2) is 0 Å². The van der Waals surface area contributed by atoms with Crippen molar-refractivity contribution in [2.45, 2.75) is 31.2 Å². The summed E-state index contributed by atoms with van der Waals surface area (Å²) in [6.45, 7) is 7.28. The summed E-state index contributed by atoms with van der Waals surface area (Å²) in [6, 6.07) is 4.40. The molecular weight excluding hydrogens is 370 g/mol. The molecule has 2 rings (SSSR count). The monoisotopic (exact) mass is 399 g/mol. The van der Waals surface area contributed by atoms with E-state index in [1.165, 1.54) is 23.5 Å². The Hall–Kier alpha value is -1.68.